The Balaban J connectivity index is 0. The Bertz CT molecular complexity index is 84.5. The Morgan fingerprint density at radius 1 is 0.600 bits per heavy atom. The van der Waals surface area contributed by atoms with Crippen molar-refractivity contribution in [1.82, 2.24) is 0 Å². The number of hydrogen-bond acceptors (Lipinski definition) is 1. The predicted octanol–water partition coefficient (Wildman–Crippen LogP) is 3.37. The first kappa shape index (κ1) is 18.6. The summed E-state index contributed by atoms with van der Waals surface area (Å²) in [6.45, 7) is 2.64. The average molecular weight is 242 g/mol. The molecule has 0 spiro atoms. The molecule has 0 unspecified atom stereocenters. The van der Waals surface area contributed by atoms with Crippen molar-refractivity contribution in [1.29, 1.82) is 0 Å². The molecule has 1 nitrogen and oxygen atoms in total. The summed E-state index contributed by atoms with van der Waals surface area (Å²) in [5.41, 5.74) is 0. The third-order valence-electron chi connectivity index (χ3n) is 2.76. The molecule has 90 valence electrons. The first-order valence-electron chi connectivity index (χ1n) is 6.52. The molecular formula is C13H30CaO. The molecule has 0 saturated carbocycles. The molecule has 0 bridgehead atoms. The maximum atomic E-state index is 8.59. The van der Waals surface area contributed by atoms with E-state index in [2.05, 4.69) is 6.92 Å². The van der Waals surface area contributed by atoms with Gasteiger partial charge in [0.1, 0.15) is 0 Å². The van der Waals surface area contributed by atoms with Crippen molar-refractivity contribution < 1.29 is 5.11 Å². The average Bonchev–Trinajstić information content (AvgIpc) is 2.21. The van der Waals surface area contributed by atoms with E-state index in [0.29, 0.717) is 6.61 Å². The van der Waals surface area contributed by atoms with Crippen molar-refractivity contribution in [2.45, 2.75) is 77.6 Å². The molecule has 2 heteroatoms. The molecule has 0 aliphatic rings. The van der Waals surface area contributed by atoms with Crippen LogP contribution in [0.5, 0.6) is 0 Å². The van der Waals surface area contributed by atoms with Crippen LogP contribution in [0.25, 0.3) is 0 Å². The summed E-state index contributed by atoms with van der Waals surface area (Å²) in [6.07, 6.45) is 14.8. The van der Waals surface area contributed by atoms with Crippen LogP contribution in [-0.2, 0) is 0 Å². The van der Waals surface area contributed by atoms with Crippen LogP contribution < -0.4 is 0 Å². The number of hydrogen-bond donors (Lipinski definition) is 1. The van der Waals surface area contributed by atoms with Crippen molar-refractivity contribution in [2.75, 3.05) is 6.61 Å². The first-order valence-corrected chi connectivity index (χ1v) is 6.52. The fraction of sp³-hybridized carbons (Fsp3) is 1.00. The third-order valence-corrected chi connectivity index (χ3v) is 2.76. The van der Waals surface area contributed by atoms with Crippen molar-refractivity contribution in [3.8, 4) is 0 Å². The molecule has 0 amide bonds. The molecule has 0 aromatic rings. The van der Waals surface area contributed by atoms with Gasteiger partial charge in [0.25, 0.3) is 0 Å². The van der Waals surface area contributed by atoms with Gasteiger partial charge in [-0.3, -0.25) is 0 Å². The van der Waals surface area contributed by atoms with E-state index in [0.717, 1.165) is 6.42 Å². The molecule has 0 fully saturated rings. The Morgan fingerprint density at radius 2 is 0.933 bits per heavy atom. The molecule has 0 aromatic heterocycles. The van der Waals surface area contributed by atoms with Crippen LogP contribution in [0.15, 0.2) is 0 Å². The van der Waals surface area contributed by atoms with Crippen LogP contribution >= 0.6 is 0 Å². The van der Waals surface area contributed by atoms with Crippen LogP contribution in [0.3, 0.4) is 0 Å². The van der Waals surface area contributed by atoms with Gasteiger partial charge in [0, 0.05) is 6.61 Å². The summed E-state index contributed by atoms with van der Waals surface area (Å²) in [6, 6.07) is 0. The Labute approximate surface area is 126 Å². The van der Waals surface area contributed by atoms with Gasteiger partial charge >= 0.3 is 37.7 Å². The van der Waals surface area contributed by atoms with E-state index < -0.39 is 0 Å². The van der Waals surface area contributed by atoms with E-state index in [-0.39, 0.29) is 37.7 Å². The van der Waals surface area contributed by atoms with Crippen LogP contribution in [0.1, 0.15) is 77.6 Å². The summed E-state index contributed by atoms with van der Waals surface area (Å²) in [5.74, 6) is 0. The van der Waals surface area contributed by atoms with Gasteiger partial charge in [0.05, 0.1) is 0 Å². The topological polar surface area (TPSA) is 20.2 Å². The summed E-state index contributed by atoms with van der Waals surface area (Å²) in [7, 11) is 0. The Kier molecular flexibility index (Phi) is 21.8. The van der Waals surface area contributed by atoms with Crippen LogP contribution in [0, 0.1) is 0 Å². The number of unbranched alkanes of at least 4 members (excludes halogenated alkanes) is 10. The van der Waals surface area contributed by atoms with Gasteiger partial charge in [0.2, 0.25) is 0 Å². The van der Waals surface area contributed by atoms with Crippen LogP contribution in [-0.4, -0.2) is 49.5 Å². The van der Waals surface area contributed by atoms with E-state index in [1.807, 2.05) is 0 Å². The molecule has 15 heavy (non-hydrogen) atoms. The molecule has 0 heterocycles. The molecule has 0 aromatic carbocycles. The molecule has 0 radical (unpaired) electrons. The van der Waals surface area contributed by atoms with E-state index >= 15 is 0 Å². The minimum atomic E-state index is 0. The zero-order chi connectivity index (χ0) is 10.5. The quantitative estimate of drug-likeness (QED) is 0.435. The van der Waals surface area contributed by atoms with Gasteiger partial charge < -0.3 is 5.11 Å². The van der Waals surface area contributed by atoms with E-state index in [4.69, 9.17) is 5.11 Å². The number of aliphatic hydroxyl groups is 1. The van der Waals surface area contributed by atoms with E-state index in [9.17, 15) is 0 Å². The number of aliphatic hydroxyl groups excluding tert-OH is 1. The second-order valence-corrected chi connectivity index (χ2v) is 4.26. The molecule has 0 saturated heterocycles. The molecule has 0 aliphatic carbocycles. The summed E-state index contributed by atoms with van der Waals surface area (Å²) in [4.78, 5) is 0. The fourth-order valence-electron chi connectivity index (χ4n) is 1.78. The van der Waals surface area contributed by atoms with Gasteiger partial charge in [-0.25, -0.2) is 0 Å². The van der Waals surface area contributed by atoms with Gasteiger partial charge in [-0.05, 0) is 6.42 Å². The summed E-state index contributed by atoms with van der Waals surface area (Å²) >= 11 is 0. The van der Waals surface area contributed by atoms with Crippen molar-refractivity contribution >= 4 is 37.7 Å². The molecule has 1 N–H and O–H groups in total. The fourth-order valence-corrected chi connectivity index (χ4v) is 1.78. The molecule has 0 rings (SSSR count). The third kappa shape index (κ3) is 17.8. The van der Waals surface area contributed by atoms with E-state index in [1.165, 1.54) is 64.2 Å². The van der Waals surface area contributed by atoms with Crippen molar-refractivity contribution in [2.24, 2.45) is 0 Å². The van der Waals surface area contributed by atoms with Gasteiger partial charge in [-0.2, -0.15) is 0 Å². The molecule has 0 atom stereocenters. The normalized spacial score (nSPS) is 10.0. The second kappa shape index (κ2) is 17.6. The van der Waals surface area contributed by atoms with Gasteiger partial charge in [-0.15, -0.1) is 0 Å². The monoisotopic (exact) mass is 242 g/mol. The van der Waals surface area contributed by atoms with E-state index in [1.54, 1.807) is 0 Å². The SMILES string of the molecule is CCCCCCCCCCCCCO.[CaH2]. The Hall–Kier alpha value is 1.22. The minimum absolute atomic E-state index is 0. The van der Waals surface area contributed by atoms with Gasteiger partial charge in [-0.1, -0.05) is 71.1 Å². The molecule has 0 aliphatic heterocycles. The zero-order valence-corrected chi connectivity index (χ0v) is 9.93. The molecular weight excluding hydrogens is 212 g/mol. The maximum absolute atomic E-state index is 8.59. The standard InChI is InChI=1S/C13H28O.Ca.2H/c1-2-3-4-5-6-7-8-9-10-11-12-13-14;;;/h14H,2-13H2,1H3;;;. The first-order chi connectivity index (χ1) is 6.91. The predicted molar refractivity (Wildman–Crippen MR) is 72.1 cm³/mol. The van der Waals surface area contributed by atoms with Gasteiger partial charge in [0.15, 0.2) is 0 Å². The zero-order valence-electron chi connectivity index (χ0n) is 9.93. The van der Waals surface area contributed by atoms with Crippen LogP contribution in [0.2, 0.25) is 0 Å². The summed E-state index contributed by atoms with van der Waals surface area (Å²) < 4.78 is 0. The second-order valence-electron chi connectivity index (χ2n) is 4.26. The van der Waals surface area contributed by atoms with Crippen molar-refractivity contribution in [3.63, 3.8) is 0 Å². The van der Waals surface area contributed by atoms with Crippen molar-refractivity contribution in [3.05, 3.63) is 0 Å². The van der Waals surface area contributed by atoms with Crippen LogP contribution in [0.4, 0.5) is 0 Å². The summed E-state index contributed by atoms with van der Waals surface area (Å²) in [5, 5.41) is 8.59. The Morgan fingerprint density at radius 3 is 1.27 bits per heavy atom. The number of rotatable bonds is 11.